The number of rotatable bonds is 6. The molecule has 0 amide bonds. The molecule has 3 rings (SSSR count). The fraction of sp³-hybridized carbons (Fsp3) is 0.250. The number of benzene rings is 2. The molecule has 0 aromatic heterocycles. The van der Waals surface area contributed by atoms with Gasteiger partial charge in [0.05, 0.1) is 19.3 Å². The Kier molecular flexibility index (Phi) is 4.93. The highest BCUT2D eigenvalue weighted by Gasteiger charge is 2.27. The topological polar surface area (TPSA) is 65.0 Å². The van der Waals surface area contributed by atoms with Gasteiger partial charge in [-0.1, -0.05) is 19.4 Å². The maximum absolute atomic E-state index is 12.4. The van der Waals surface area contributed by atoms with Crippen LogP contribution >= 0.6 is 0 Å². The van der Waals surface area contributed by atoms with Crippen LogP contribution in [0.3, 0.4) is 0 Å². The van der Waals surface area contributed by atoms with Crippen LogP contribution in [0, 0.1) is 0 Å². The summed E-state index contributed by atoms with van der Waals surface area (Å²) in [6.07, 6.45) is 3.68. The normalized spacial score (nSPS) is 14.3. The van der Waals surface area contributed by atoms with Gasteiger partial charge in [-0.2, -0.15) is 0 Å². The molecular weight excluding hydrogens is 320 g/mol. The van der Waals surface area contributed by atoms with Gasteiger partial charge in [0.1, 0.15) is 11.5 Å². The van der Waals surface area contributed by atoms with E-state index in [1.54, 1.807) is 25.3 Å². The molecule has 0 bridgehead atoms. The Morgan fingerprint density at radius 1 is 1.16 bits per heavy atom. The average molecular weight is 340 g/mol. The van der Waals surface area contributed by atoms with E-state index < -0.39 is 0 Å². The van der Waals surface area contributed by atoms with Gasteiger partial charge < -0.3 is 19.3 Å². The Labute approximate surface area is 146 Å². The molecule has 0 unspecified atom stereocenters. The number of unbranched alkanes of at least 4 members (excludes halogenated alkanes) is 1. The molecule has 5 heteroatoms. The number of fused-ring (bicyclic) bond motifs is 1. The summed E-state index contributed by atoms with van der Waals surface area (Å²) in [4.78, 5) is 12.4. The highest BCUT2D eigenvalue weighted by Crippen LogP contribution is 2.35. The molecule has 0 saturated heterocycles. The monoisotopic (exact) mass is 340 g/mol. The van der Waals surface area contributed by atoms with E-state index >= 15 is 0 Å². The molecule has 2 aromatic rings. The van der Waals surface area contributed by atoms with Gasteiger partial charge in [-0.25, -0.2) is 0 Å². The minimum Gasteiger partial charge on any atom is -0.508 e. The molecule has 0 saturated carbocycles. The number of hydrogen-bond donors (Lipinski definition) is 1. The van der Waals surface area contributed by atoms with Crippen LogP contribution in [-0.4, -0.2) is 24.6 Å². The molecule has 1 aliphatic rings. The Morgan fingerprint density at radius 2 is 2.00 bits per heavy atom. The summed E-state index contributed by atoms with van der Waals surface area (Å²) in [5.74, 6) is 1.70. The van der Waals surface area contributed by atoms with Crippen molar-refractivity contribution in [2.24, 2.45) is 0 Å². The molecule has 5 nitrogen and oxygen atoms in total. The number of allylic oxidation sites excluding steroid dienone is 1. The van der Waals surface area contributed by atoms with Crippen LogP contribution in [0.5, 0.6) is 23.0 Å². The molecule has 0 atom stereocenters. The van der Waals surface area contributed by atoms with Gasteiger partial charge in [-0.15, -0.1) is 0 Å². The lowest BCUT2D eigenvalue weighted by molar-refractivity contribution is 0.101. The SMILES string of the molecule is CCCCOc1ccc(/C=C2\Oc3cc(O)ccc3C2=O)cc1OC. The lowest BCUT2D eigenvalue weighted by Gasteiger charge is -2.11. The highest BCUT2D eigenvalue weighted by molar-refractivity contribution is 6.14. The van der Waals surface area contributed by atoms with Crippen molar-refractivity contribution in [3.05, 3.63) is 53.3 Å². The van der Waals surface area contributed by atoms with Gasteiger partial charge in [-0.3, -0.25) is 4.79 Å². The molecule has 1 heterocycles. The first kappa shape index (κ1) is 16.9. The summed E-state index contributed by atoms with van der Waals surface area (Å²) >= 11 is 0. The standard InChI is InChI=1S/C20H20O5/c1-3-4-9-24-16-8-5-13(10-18(16)23-2)11-19-20(22)15-7-6-14(21)12-17(15)25-19/h5-8,10-12,21H,3-4,9H2,1-2H3/b19-11-. The number of ketones is 1. The second-order valence-corrected chi connectivity index (χ2v) is 5.73. The molecule has 1 aliphatic heterocycles. The predicted octanol–water partition coefficient (Wildman–Crippen LogP) is 4.20. The van der Waals surface area contributed by atoms with Crippen LogP contribution in [0.15, 0.2) is 42.2 Å². The van der Waals surface area contributed by atoms with Crippen molar-refractivity contribution in [2.75, 3.05) is 13.7 Å². The first-order valence-corrected chi connectivity index (χ1v) is 8.20. The van der Waals surface area contributed by atoms with E-state index in [1.165, 1.54) is 12.1 Å². The molecule has 25 heavy (non-hydrogen) atoms. The molecular formula is C20H20O5. The van der Waals surface area contributed by atoms with Crippen LogP contribution in [0.25, 0.3) is 6.08 Å². The summed E-state index contributed by atoms with van der Waals surface area (Å²) in [7, 11) is 1.58. The smallest absolute Gasteiger partial charge is 0.231 e. The van der Waals surface area contributed by atoms with Gasteiger partial charge in [0.25, 0.3) is 0 Å². The fourth-order valence-corrected chi connectivity index (χ4v) is 2.55. The Bertz CT molecular complexity index is 823. The van der Waals surface area contributed by atoms with Crippen molar-refractivity contribution in [1.29, 1.82) is 0 Å². The molecule has 0 radical (unpaired) electrons. The van der Waals surface area contributed by atoms with E-state index in [-0.39, 0.29) is 17.3 Å². The van der Waals surface area contributed by atoms with Crippen molar-refractivity contribution in [2.45, 2.75) is 19.8 Å². The van der Waals surface area contributed by atoms with Crippen LogP contribution in [-0.2, 0) is 0 Å². The summed E-state index contributed by atoms with van der Waals surface area (Å²) in [5.41, 5.74) is 1.20. The van der Waals surface area contributed by atoms with E-state index in [1.807, 2.05) is 12.1 Å². The third-order valence-electron chi connectivity index (χ3n) is 3.89. The minimum absolute atomic E-state index is 0.0584. The van der Waals surface area contributed by atoms with Crippen LogP contribution in [0.4, 0.5) is 0 Å². The van der Waals surface area contributed by atoms with Crippen molar-refractivity contribution < 1.29 is 24.1 Å². The number of phenolic OH excluding ortho intramolecular Hbond substituents is 1. The Hall–Kier alpha value is -2.95. The van der Waals surface area contributed by atoms with E-state index in [4.69, 9.17) is 14.2 Å². The Balaban J connectivity index is 1.83. The van der Waals surface area contributed by atoms with E-state index in [0.29, 0.717) is 29.4 Å². The van der Waals surface area contributed by atoms with Gasteiger partial charge in [0, 0.05) is 6.07 Å². The lowest BCUT2D eigenvalue weighted by Crippen LogP contribution is -2.00. The number of ether oxygens (including phenoxy) is 3. The molecule has 0 aliphatic carbocycles. The first-order chi connectivity index (χ1) is 12.1. The third kappa shape index (κ3) is 3.60. The van der Waals surface area contributed by atoms with E-state index in [9.17, 15) is 9.90 Å². The summed E-state index contributed by atoms with van der Waals surface area (Å²) in [6.45, 7) is 2.74. The second kappa shape index (κ2) is 7.30. The van der Waals surface area contributed by atoms with Crippen molar-refractivity contribution in [1.82, 2.24) is 0 Å². The van der Waals surface area contributed by atoms with Gasteiger partial charge >= 0.3 is 0 Å². The number of carbonyl (C=O) groups excluding carboxylic acids is 1. The quantitative estimate of drug-likeness (QED) is 0.631. The maximum Gasteiger partial charge on any atom is 0.231 e. The number of aromatic hydroxyl groups is 1. The summed E-state index contributed by atoms with van der Waals surface area (Å²) in [5, 5.41) is 9.50. The zero-order valence-corrected chi connectivity index (χ0v) is 14.2. The number of phenols is 1. The zero-order chi connectivity index (χ0) is 17.8. The molecule has 2 aromatic carbocycles. The Morgan fingerprint density at radius 3 is 2.76 bits per heavy atom. The fourth-order valence-electron chi connectivity index (χ4n) is 2.55. The number of hydrogen-bond acceptors (Lipinski definition) is 5. The second-order valence-electron chi connectivity index (χ2n) is 5.73. The molecule has 0 spiro atoms. The maximum atomic E-state index is 12.4. The molecule has 0 fully saturated rings. The highest BCUT2D eigenvalue weighted by atomic mass is 16.5. The van der Waals surface area contributed by atoms with Crippen molar-refractivity contribution >= 4 is 11.9 Å². The van der Waals surface area contributed by atoms with E-state index in [0.717, 1.165) is 18.4 Å². The average Bonchev–Trinajstić information content (AvgIpc) is 2.91. The number of carbonyl (C=O) groups is 1. The summed E-state index contributed by atoms with van der Waals surface area (Å²) < 4.78 is 16.6. The summed E-state index contributed by atoms with van der Waals surface area (Å²) in [6, 6.07) is 9.91. The minimum atomic E-state index is -0.211. The number of Topliss-reactive ketones (excluding diaryl/α,β-unsaturated/α-hetero) is 1. The van der Waals surface area contributed by atoms with Gasteiger partial charge in [0.2, 0.25) is 5.78 Å². The van der Waals surface area contributed by atoms with Crippen molar-refractivity contribution in [3.8, 4) is 23.0 Å². The third-order valence-corrected chi connectivity index (χ3v) is 3.89. The number of methoxy groups -OCH3 is 1. The lowest BCUT2D eigenvalue weighted by atomic mass is 10.1. The predicted molar refractivity (Wildman–Crippen MR) is 94.4 cm³/mol. The van der Waals surface area contributed by atoms with Gasteiger partial charge in [0.15, 0.2) is 17.3 Å². The first-order valence-electron chi connectivity index (χ1n) is 8.20. The molecule has 130 valence electrons. The zero-order valence-electron chi connectivity index (χ0n) is 14.2. The van der Waals surface area contributed by atoms with Gasteiger partial charge in [-0.05, 0) is 42.3 Å². The largest absolute Gasteiger partial charge is 0.508 e. The van der Waals surface area contributed by atoms with Crippen LogP contribution < -0.4 is 14.2 Å². The van der Waals surface area contributed by atoms with E-state index in [2.05, 4.69) is 6.92 Å². The van der Waals surface area contributed by atoms with Crippen LogP contribution in [0.2, 0.25) is 0 Å². The van der Waals surface area contributed by atoms with Crippen molar-refractivity contribution in [3.63, 3.8) is 0 Å². The molecule has 1 N–H and O–H groups in total. The van der Waals surface area contributed by atoms with Crippen LogP contribution in [0.1, 0.15) is 35.7 Å².